The Morgan fingerprint density at radius 2 is 1.83 bits per heavy atom. The number of amides is 1. The minimum atomic E-state index is -0.0999. The van der Waals surface area contributed by atoms with Crippen molar-refractivity contribution in [2.45, 2.75) is 13.3 Å². The lowest BCUT2D eigenvalue weighted by molar-refractivity contribution is 0.0955. The van der Waals surface area contributed by atoms with Gasteiger partial charge in [0.1, 0.15) is 5.75 Å². The van der Waals surface area contributed by atoms with Crippen LogP contribution in [0.15, 0.2) is 59.6 Å². The molecule has 7 nitrogen and oxygen atoms in total. The minimum Gasteiger partial charge on any atom is -0.493 e. The molecule has 2 aromatic carbocycles. The summed E-state index contributed by atoms with van der Waals surface area (Å²) in [6.07, 6.45) is 0.840. The number of carbonyl (C=O) groups excluding carboxylic acids is 1. The van der Waals surface area contributed by atoms with E-state index in [1.54, 1.807) is 19.2 Å². The Balaban J connectivity index is 0.00000450. The van der Waals surface area contributed by atoms with Gasteiger partial charge < -0.3 is 25.4 Å². The van der Waals surface area contributed by atoms with Gasteiger partial charge in [-0.3, -0.25) is 9.79 Å². The van der Waals surface area contributed by atoms with Gasteiger partial charge in [-0.25, -0.2) is 0 Å². The summed E-state index contributed by atoms with van der Waals surface area (Å²) in [7, 11) is 1.68. The lowest BCUT2D eigenvalue weighted by Crippen LogP contribution is -2.32. The van der Waals surface area contributed by atoms with E-state index in [9.17, 15) is 4.79 Å². The Labute approximate surface area is 195 Å². The molecule has 0 aliphatic rings. The van der Waals surface area contributed by atoms with Gasteiger partial charge in [-0.15, -0.1) is 24.0 Å². The summed E-state index contributed by atoms with van der Waals surface area (Å²) >= 11 is 0. The third-order valence-corrected chi connectivity index (χ3v) is 3.91. The Bertz CT molecular complexity index is 772. The third kappa shape index (κ3) is 9.93. The van der Waals surface area contributed by atoms with Gasteiger partial charge in [-0.2, -0.15) is 0 Å². The topological polar surface area (TPSA) is 84.0 Å². The molecule has 8 heteroatoms. The first-order valence-electron chi connectivity index (χ1n) is 9.83. The van der Waals surface area contributed by atoms with Gasteiger partial charge in [0.2, 0.25) is 0 Å². The fourth-order valence-electron chi connectivity index (χ4n) is 2.53. The zero-order valence-electron chi connectivity index (χ0n) is 17.5. The van der Waals surface area contributed by atoms with Crippen LogP contribution in [0.5, 0.6) is 5.75 Å². The van der Waals surface area contributed by atoms with Crippen molar-refractivity contribution in [3.05, 3.63) is 60.2 Å². The summed E-state index contributed by atoms with van der Waals surface area (Å²) in [5.41, 5.74) is 1.52. The number of nitrogens with one attached hydrogen (secondary N) is 3. The maximum atomic E-state index is 12.1. The van der Waals surface area contributed by atoms with Crippen LogP contribution in [-0.2, 0) is 4.74 Å². The monoisotopic (exact) mass is 526 g/mol. The van der Waals surface area contributed by atoms with Crippen LogP contribution in [0.25, 0.3) is 0 Å². The quantitative estimate of drug-likeness (QED) is 0.181. The highest BCUT2D eigenvalue weighted by molar-refractivity contribution is 14.0. The van der Waals surface area contributed by atoms with E-state index in [1.165, 1.54) is 0 Å². The Kier molecular flexibility index (Phi) is 13.3. The normalized spacial score (nSPS) is 10.7. The highest BCUT2D eigenvalue weighted by Crippen LogP contribution is 2.17. The molecule has 0 aromatic heterocycles. The Hall–Kier alpha value is -2.33. The SMILES string of the molecule is CCNC(=NCCNC(=O)c1ccccc1)Nc1cccc(OCCCOC)c1.I. The van der Waals surface area contributed by atoms with E-state index in [0.717, 1.165) is 24.4 Å². The van der Waals surface area contributed by atoms with E-state index in [-0.39, 0.29) is 29.9 Å². The average Bonchev–Trinajstić information content (AvgIpc) is 2.75. The standard InChI is InChI=1S/C22H30N4O3.HI/c1-3-23-22(25-14-13-24-21(27)18-9-5-4-6-10-18)26-19-11-7-12-20(17-19)29-16-8-15-28-2;/h4-7,9-12,17H,3,8,13-16H2,1-2H3,(H,24,27)(H2,23,25,26);1H. The molecule has 0 spiro atoms. The smallest absolute Gasteiger partial charge is 0.251 e. The van der Waals surface area contributed by atoms with Crippen molar-refractivity contribution < 1.29 is 14.3 Å². The van der Waals surface area contributed by atoms with Crippen LogP contribution in [-0.4, -0.2) is 51.8 Å². The van der Waals surface area contributed by atoms with E-state index in [2.05, 4.69) is 20.9 Å². The van der Waals surface area contributed by atoms with Crippen molar-refractivity contribution in [2.75, 3.05) is 45.3 Å². The first kappa shape index (κ1) is 25.7. The number of nitrogens with zero attached hydrogens (tertiary/aromatic N) is 1. The van der Waals surface area contributed by atoms with Gasteiger partial charge in [0, 0.05) is 50.5 Å². The van der Waals surface area contributed by atoms with Crippen molar-refractivity contribution in [3.63, 3.8) is 0 Å². The molecular formula is C22H31IN4O3. The second kappa shape index (κ2) is 15.5. The van der Waals surface area contributed by atoms with Crippen LogP contribution in [0, 0.1) is 0 Å². The molecule has 2 rings (SSSR count). The van der Waals surface area contributed by atoms with E-state index >= 15 is 0 Å². The molecule has 164 valence electrons. The summed E-state index contributed by atoms with van der Waals surface area (Å²) in [5.74, 6) is 1.34. The Morgan fingerprint density at radius 3 is 2.57 bits per heavy atom. The summed E-state index contributed by atoms with van der Waals surface area (Å²) in [6.45, 7) is 4.93. The fraction of sp³-hybridized carbons (Fsp3) is 0.364. The summed E-state index contributed by atoms with van der Waals surface area (Å²) in [5, 5.41) is 9.33. The van der Waals surface area contributed by atoms with Crippen molar-refractivity contribution in [1.29, 1.82) is 0 Å². The molecule has 2 aromatic rings. The largest absolute Gasteiger partial charge is 0.493 e. The van der Waals surface area contributed by atoms with Crippen LogP contribution in [0.4, 0.5) is 5.69 Å². The van der Waals surface area contributed by atoms with E-state index in [1.807, 2.05) is 49.4 Å². The highest BCUT2D eigenvalue weighted by atomic mass is 127. The molecule has 0 unspecified atom stereocenters. The van der Waals surface area contributed by atoms with E-state index in [4.69, 9.17) is 9.47 Å². The van der Waals surface area contributed by atoms with Gasteiger partial charge in [-0.05, 0) is 31.2 Å². The number of hydrogen-bond donors (Lipinski definition) is 3. The molecule has 0 saturated carbocycles. The van der Waals surface area contributed by atoms with E-state index < -0.39 is 0 Å². The molecule has 0 aliphatic heterocycles. The Morgan fingerprint density at radius 1 is 1.03 bits per heavy atom. The fourth-order valence-corrected chi connectivity index (χ4v) is 2.53. The molecule has 0 heterocycles. The first-order chi connectivity index (χ1) is 14.2. The number of anilines is 1. The van der Waals surface area contributed by atoms with Gasteiger partial charge in [0.15, 0.2) is 5.96 Å². The maximum absolute atomic E-state index is 12.1. The number of hydrogen-bond acceptors (Lipinski definition) is 4. The average molecular weight is 526 g/mol. The number of ether oxygens (including phenoxy) is 2. The van der Waals surface area contributed by atoms with Crippen LogP contribution >= 0.6 is 24.0 Å². The summed E-state index contributed by atoms with van der Waals surface area (Å²) in [4.78, 5) is 16.6. The molecule has 0 fully saturated rings. The number of carbonyl (C=O) groups is 1. The molecule has 0 saturated heterocycles. The number of guanidine groups is 1. The van der Waals surface area contributed by atoms with Crippen molar-refractivity contribution >= 4 is 41.5 Å². The lowest BCUT2D eigenvalue weighted by atomic mass is 10.2. The maximum Gasteiger partial charge on any atom is 0.251 e. The van der Waals surface area contributed by atoms with Gasteiger partial charge in [-0.1, -0.05) is 24.3 Å². The van der Waals surface area contributed by atoms with Crippen LogP contribution in [0.3, 0.4) is 0 Å². The first-order valence-corrected chi connectivity index (χ1v) is 9.83. The van der Waals surface area contributed by atoms with Crippen LogP contribution in [0.1, 0.15) is 23.7 Å². The van der Waals surface area contributed by atoms with Crippen LogP contribution in [0.2, 0.25) is 0 Å². The lowest BCUT2D eigenvalue weighted by Gasteiger charge is -2.13. The zero-order valence-corrected chi connectivity index (χ0v) is 19.8. The van der Waals surface area contributed by atoms with Gasteiger partial charge in [0.25, 0.3) is 5.91 Å². The number of rotatable bonds is 11. The number of aliphatic imine (C=N–C) groups is 1. The molecule has 0 atom stereocenters. The number of benzene rings is 2. The van der Waals surface area contributed by atoms with Gasteiger partial charge >= 0.3 is 0 Å². The molecule has 0 bridgehead atoms. The molecule has 0 radical (unpaired) electrons. The van der Waals surface area contributed by atoms with Crippen molar-refractivity contribution in [2.24, 2.45) is 4.99 Å². The third-order valence-electron chi connectivity index (χ3n) is 3.91. The predicted molar refractivity (Wildman–Crippen MR) is 132 cm³/mol. The minimum absolute atomic E-state index is 0. The highest BCUT2D eigenvalue weighted by Gasteiger charge is 2.04. The predicted octanol–water partition coefficient (Wildman–Crippen LogP) is 3.53. The van der Waals surface area contributed by atoms with Crippen LogP contribution < -0.4 is 20.7 Å². The molecule has 3 N–H and O–H groups in total. The molecule has 0 aliphatic carbocycles. The molecular weight excluding hydrogens is 495 g/mol. The second-order valence-electron chi connectivity index (χ2n) is 6.23. The molecule has 1 amide bonds. The summed E-state index contributed by atoms with van der Waals surface area (Å²) in [6, 6.07) is 16.9. The molecule has 30 heavy (non-hydrogen) atoms. The van der Waals surface area contributed by atoms with Crippen molar-refractivity contribution in [3.8, 4) is 5.75 Å². The van der Waals surface area contributed by atoms with Crippen molar-refractivity contribution in [1.82, 2.24) is 10.6 Å². The second-order valence-corrected chi connectivity index (χ2v) is 6.23. The number of methoxy groups -OCH3 is 1. The zero-order chi connectivity index (χ0) is 20.7. The van der Waals surface area contributed by atoms with Gasteiger partial charge in [0.05, 0.1) is 13.2 Å². The van der Waals surface area contributed by atoms with E-state index in [0.29, 0.717) is 37.8 Å². The summed E-state index contributed by atoms with van der Waals surface area (Å²) < 4.78 is 10.8. The number of halogens is 1.